The van der Waals surface area contributed by atoms with Gasteiger partial charge in [-0.15, -0.1) is 0 Å². The van der Waals surface area contributed by atoms with Crippen LogP contribution >= 0.6 is 11.6 Å². The number of nitrogens with one attached hydrogen (secondary N) is 1. The summed E-state index contributed by atoms with van der Waals surface area (Å²) in [6, 6.07) is 6.92. The van der Waals surface area contributed by atoms with Gasteiger partial charge in [-0.2, -0.15) is 0 Å². The Bertz CT molecular complexity index is 661. The molecule has 0 aliphatic carbocycles. The quantitative estimate of drug-likeness (QED) is 0.911. The Labute approximate surface area is 127 Å². The van der Waals surface area contributed by atoms with E-state index in [0.29, 0.717) is 22.4 Å². The van der Waals surface area contributed by atoms with Gasteiger partial charge in [-0.25, -0.2) is 8.78 Å². The Morgan fingerprint density at radius 2 is 1.90 bits per heavy atom. The number of rotatable bonds is 4. The largest absolute Gasteiger partial charge is 0.496 e. The fraction of sp³-hybridized carbons (Fsp3) is 0.250. The molecule has 2 nitrogen and oxygen atoms in total. The molecule has 0 radical (unpaired) electrons. The molecule has 0 saturated heterocycles. The van der Waals surface area contributed by atoms with E-state index in [4.69, 9.17) is 16.3 Å². The smallest absolute Gasteiger partial charge is 0.132 e. The van der Waals surface area contributed by atoms with Crippen LogP contribution in [-0.4, -0.2) is 14.2 Å². The molecular weight excluding hydrogens is 296 g/mol. The fourth-order valence-electron chi connectivity index (χ4n) is 2.33. The average molecular weight is 312 g/mol. The summed E-state index contributed by atoms with van der Waals surface area (Å²) in [7, 11) is 3.16. The fourth-order valence-corrected chi connectivity index (χ4v) is 2.59. The molecule has 21 heavy (non-hydrogen) atoms. The molecule has 1 unspecified atom stereocenters. The lowest BCUT2D eigenvalue weighted by Crippen LogP contribution is -2.20. The third-order valence-corrected chi connectivity index (χ3v) is 3.73. The normalized spacial score (nSPS) is 12.3. The highest BCUT2D eigenvalue weighted by atomic mass is 35.5. The number of halogens is 3. The standard InChI is InChI=1S/C16H16ClF2NO/c1-9-7-10(11(17)8-13(9)19)16(20-2)15-12(18)5-4-6-14(15)21-3/h4-8,16,20H,1-3H3. The first kappa shape index (κ1) is 15.7. The molecule has 2 aromatic rings. The maximum atomic E-state index is 14.2. The van der Waals surface area contributed by atoms with E-state index < -0.39 is 11.9 Å². The second kappa shape index (κ2) is 6.41. The second-order valence-corrected chi connectivity index (χ2v) is 5.11. The number of benzene rings is 2. The molecule has 0 aromatic heterocycles. The molecule has 0 aliphatic heterocycles. The SMILES string of the molecule is CNC(c1cc(C)c(F)cc1Cl)c1c(F)cccc1OC. The topological polar surface area (TPSA) is 21.3 Å². The van der Waals surface area contributed by atoms with Crippen LogP contribution in [0.2, 0.25) is 5.02 Å². The van der Waals surface area contributed by atoms with Crippen molar-refractivity contribution >= 4 is 11.6 Å². The highest BCUT2D eigenvalue weighted by molar-refractivity contribution is 6.31. The minimum atomic E-state index is -0.534. The molecule has 2 aromatic carbocycles. The van der Waals surface area contributed by atoms with Crippen molar-refractivity contribution in [3.8, 4) is 5.75 Å². The summed E-state index contributed by atoms with van der Waals surface area (Å²) in [6.07, 6.45) is 0. The van der Waals surface area contributed by atoms with Crippen molar-refractivity contribution in [2.45, 2.75) is 13.0 Å². The van der Waals surface area contributed by atoms with Gasteiger partial charge in [-0.05, 0) is 49.4 Å². The van der Waals surface area contributed by atoms with Crippen LogP contribution in [0.3, 0.4) is 0 Å². The zero-order valence-electron chi connectivity index (χ0n) is 12.0. The first-order valence-electron chi connectivity index (χ1n) is 6.44. The molecule has 2 rings (SSSR count). The molecule has 0 aliphatic rings. The van der Waals surface area contributed by atoms with Gasteiger partial charge in [0.05, 0.1) is 18.7 Å². The van der Waals surface area contributed by atoms with Crippen molar-refractivity contribution in [3.63, 3.8) is 0 Å². The average Bonchev–Trinajstić information content (AvgIpc) is 2.46. The predicted octanol–water partition coefficient (Wildman–Crippen LogP) is 4.24. The number of ether oxygens (including phenoxy) is 1. The van der Waals surface area contributed by atoms with Crippen LogP contribution in [0.4, 0.5) is 8.78 Å². The Hall–Kier alpha value is -1.65. The lowest BCUT2D eigenvalue weighted by molar-refractivity contribution is 0.398. The van der Waals surface area contributed by atoms with Gasteiger partial charge in [0.25, 0.3) is 0 Å². The summed E-state index contributed by atoms with van der Waals surface area (Å²) in [5, 5.41) is 3.25. The van der Waals surface area contributed by atoms with E-state index in [0.717, 1.165) is 0 Å². The zero-order valence-corrected chi connectivity index (χ0v) is 12.8. The third-order valence-electron chi connectivity index (χ3n) is 3.40. The molecule has 0 heterocycles. The summed E-state index contributed by atoms with van der Waals surface area (Å²) in [4.78, 5) is 0. The Morgan fingerprint density at radius 1 is 1.19 bits per heavy atom. The van der Waals surface area contributed by atoms with E-state index in [9.17, 15) is 8.78 Å². The first-order chi connectivity index (χ1) is 9.99. The summed E-state index contributed by atoms with van der Waals surface area (Å²) < 4.78 is 33.0. The summed E-state index contributed by atoms with van der Waals surface area (Å²) in [6.45, 7) is 1.64. The van der Waals surface area contributed by atoms with Gasteiger partial charge < -0.3 is 10.1 Å². The molecule has 0 fully saturated rings. The molecule has 5 heteroatoms. The van der Waals surface area contributed by atoms with Crippen molar-refractivity contribution < 1.29 is 13.5 Å². The van der Waals surface area contributed by atoms with Crippen LogP contribution in [0, 0.1) is 18.6 Å². The number of methoxy groups -OCH3 is 1. The van der Waals surface area contributed by atoms with Crippen molar-refractivity contribution in [2.24, 2.45) is 0 Å². The van der Waals surface area contributed by atoms with Gasteiger partial charge in [-0.1, -0.05) is 17.7 Å². The second-order valence-electron chi connectivity index (χ2n) is 4.70. The van der Waals surface area contributed by atoms with Gasteiger partial charge in [0.1, 0.15) is 17.4 Å². The van der Waals surface area contributed by atoms with Crippen LogP contribution in [0.25, 0.3) is 0 Å². The van der Waals surface area contributed by atoms with Crippen molar-refractivity contribution in [1.29, 1.82) is 0 Å². The molecule has 1 N–H and O–H groups in total. The van der Waals surface area contributed by atoms with E-state index >= 15 is 0 Å². The molecule has 112 valence electrons. The zero-order chi connectivity index (χ0) is 15.6. The summed E-state index contributed by atoms with van der Waals surface area (Å²) in [5.41, 5.74) is 1.39. The number of hydrogen-bond acceptors (Lipinski definition) is 2. The molecular formula is C16H16ClF2NO. The molecule has 0 saturated carbocycles. The van der Waals surface area contributed by atoms with Gasteiger partial charge in [-0.3, -0.25) is 0 Å². The number of hydrogen-bond donors (Lipinski definition) is 1. The lowest BCUT2D eigenvalue weighted by atomic mass is 9.96. The molecule has 0 spiro atoms. The highest BCUT2D eigenvalue weighted by Crippen LogP contribution is 2.36. The van der Waals surface area contributed by atoms with Crippen molar-refractivity contribution in [3.05, 3.63) is 63.7 Å². The third kappa shape index (κ3) is 3.01. The van der Waals surface area contributed by atoms with Crippen LogP contribution in [0.15, 0.2) is 30.3 Å². The lowest BCUT2D eigenvalue weighted by Gasteiger charge is -2.22. The summed E-state index contributed by atoms with van der Waals surface area (Å²) in [5.74, 6) is -0.391. The first-order valence-corrected chi connectivity index (χ1v) is 6.82. The minimum Gasteiger partial charge on any atom is -0.496 e. The van der Waals surface area contributed by atoms with Gasteiger partial charge in [0.2, 0.25) is 0 Å². The van der Waals surface area contributed by atoms with Crippen molar-refractivity contribution in [2.75, 3.05) is 14.2 Å². The highest BCUT2D eigenvalue weighted by Gasteiger charge is 2.23. The maximum absolute atomic E-state index is 14.2. The van der Waals surface area contributed by atoms with E-state index in [1.54, 1.807) is 32.2 Å². The van der Waals surface area contributed by atoms with E-state index in [1.807, 2.05) is 0 Å². The Kier molecular flexibility index (Phi) is 4.80. The van der Waals surface area contributed by atoms with Crippen LogP contribution in [0.1, 0.15) is 22.7 Å². The van der Waals surface area contributed by atoms with Crippen LogP contribution in [-0.2, 0) is 0 Å². The van der Waals surface area contributed by atoms with Crippen molar-refractivity contribution in [1.82, 2.24) is 5.32 Å². The minimum absolute atomic E-state index is 0.239. The number of aryl methyl sites for hydroxylation is 1. The molecule has 1 atom stereocenters. The van der Waals surface area contributed by atoms with Gasteiger partial charge in [0.15, 0.2) is 0 Å². The molecule has 0 amide bonds. The molecule has 0 bridgehead atoms. The van der Waals surface area contributed by atoms with E-state index in [2.05, 4.69) is 5.32 Å². The van der Waals surface area contributed by atoms with Gasteiger partial charge >= 0.3 is 0 Å². The monoisotopic (exact) mass is 311 g/mol. The van der Waals surface area contributed by atoms with Gasteiger partial charge in [0, 0.05) is 5.02 Å². The Morgan fingerprint density at radius 3 is 2.52 bits per heavy atom. The van der Waals surface area contributed by atoms with E-state index in [-0.39, 0.29) is 10.8 Å². The van der Waals surface area contributed by atoms with E-state index in [1.165, 1.54) is 19.2 Å². The predicted molar refractivity (Wildman–Crippen MR) is 80.0 cm³/mol. The maximum Gasteiger partial charge on any atom is 0.132 e. The van der Waals surface area contributed by atoms with Crippen LogP contribution < -0.4 is 10.1 Å². The summed E-state index contributed by atoms with van der Waals surface area (Å²) >= 11 is 6.13. The Balaban J connectivity index is 2.63. The van der Waals surface area contributed by atoms with Crippen LogP contribution in [0.5, 0.6) is 5.75 Å².